The molecule has 0 aromatic heterocycles. The van der Waals surface area contributed by atoms with Gasteiger partial charge in [-0.15, -0.1) is 0 Å². The minimum Gasteiger partial charge on any atom is -0.490 e. The van der Waals surface area contributed by atoms with Gasteiger partial charge in [-0.05, 0) is 75.2 Å². The molecule has 0 heterocycles. The number of rotatable bonds is 11. The van der Waals surface area contributed by atoms with Crippen LogP contribution in [0.25, 0.3) is 0 Å². The summed E-state index contributed by atoms with van der Waals surface area (Å²) in [6.45, 7) is 8.42. The van der Waals surface area contributed by atoms with Crippen LogP contribution in [0.3, 0.4) is 0 Å². The molecule has 8 heteroatoms. The molecule has 0 bridgehead atoms. The number of anilines is 1. The number of benzene rings is 3. The molecule has 7 nitrogen and oxygen atoms in total. The molecule has 0 radical (unpaired) electrons. The van der Waals surface area contributed by atoms with E-state index in [9.17, 15) is 13.2 Å². The fourth-order valence-electron chi connectivity index (χ4n) is 3.53. The maximum atomic E-state index is 13.5. The normalized spacial score (nSPS) is 11.1. The summed E-state index contributed by atoms with van der Waals surface area (Å²) in [4.78, 5) is 13.1. The van der Waals surface area contributed by atoms with E-state index in [1.807, 2.05) is 45.9 Å². The van der Waals surface area contributed by atoms with Crippen LogP contribution in [0.15, 0.2) is 71.6 Å². The van der Waals surface area contributed by atoms with Gasteiger partial charge < -0.3 is 14.8 Å². The SMILES string of the molecule is CCOc1ccc(CNC(=O)CN(c2cccc(C)c2)S(=O)(=O)c2ccc(C)cc2)cc1OCC. The first-order valence-corrected chi connectivity index (χ1v) is 13.0. The molecule has 186 valence electrons. The number of amides is 1. The molecule has 0 aliphatic rings. The Hall–Kier alpha value is -3.52. The average molecular weight is 497 g/mol. The topological polar surface area (TPSA) is 84.9 Å². The summed E-state index contributed by atoms with van der Waals surface area (Å²) in [5.41, 5.74) is 3.09. The molecule has 3 rings (SSSR count). The Labute approximate surface area is 207 Å². The fraction of sp³-hybridized carbons (Fsp3) is 0.296. The molecule has 0 saturated carbocycles. The van der Waals surface area contributed by atoms with Crippen molar-refractivity contribution in [1.82, 2.24) is 5.32 Å². The van der Waals surface area contributed by atoms with Gasteiger partial charge in [0.15, 0.2) is 11.5 Å². The minimum atomic E-state index is -3.96. The molecular formula is C27H32N2O5S. The number of hydrogen-bond donors (Lipinski definition) is 1. The predicted octanol–water partition coefficient (Wildman–Crippen LogP) is 4.61. The number of carbonyl (C=O) groups excluding carboxylic acids is 1. The zero-order valence-corrected chi connectivity index (χ0v) is 21.4. The van der Waals surface area contributed by atoms with E-state index in [4.69, 9.17) is 9.47 Å². The zero-order valence-electron chi connectivity index (χ0n) is 20.6. The van der Waals surface area contributed by atoms with Gasteiger partial charge in [-0.1, -0.05) is 35.9 Å². The monoisotopic (exact) mass is 496 g/mol. The van der Waals surface area contributed by atoms with Crippen LogP contribution in [0.2, 0.25) is 0 Å². The molecule has 0 atom stereocenters. The first kappa shape index (κ1) is 26.1. The molecule has 0 unspecified atom stereocenters. The lowest BCUT2D eigenvalue weighted by atomic mass is 10.2. The average Bonchev–Trinajstić information content (AvgIpc) is 2.83. The van der Waals surface area contributed by atoms with Crippen molar-refractivity contribution in [2.45, 2.75) is 39.1 Å². The highest BCUT2D eigenvalue weighted by Gasteiger charge is 2.27. The van der Waals surface area contributed by atoms with Gasteiger partial charge in [-0.2, -0.15) is 0 Å². The summed E-state index contributed by atoms with van der Waals surface area (Å²) < 4.78 is 39.4. The third-order valence-corrected chi connectivity index (χ3v) is 7.07. The Morgan fingerprint density at radius 2 is 1.54 bits per heavy atom. The molecule has 0 aliphatic heterocycles. The van der Waals surface area contributed by atoms with Crippen LogP contribution in [0.5, 0.6) is 11.5 Å². The van der Waals surface area contributed by atoms with Crippen molar-refractivity contribution in [3.05, 3.63) is 83.4 Å². The molecular weight excluding hydrogens is 464 g/mol. The van der Waals surface area contributed by atoms with Gasteiger partial charge in [-0.3, -0.25) is 9.10 Å². The standard InChI is InChI=1S/C27H32N2O5S/c1-5-33-25-15-12-22(17-26(25)34-6-2)18-28-27(30)19-29(23-9-7-8-21(4)16-23)35(31,32)24-13-10-20(3)11-14-24/h7-17H,5-6,18-19H2,1-4H3,(H,28,30). The largest absolute Gasteiger partial charge is 0.490 e. The number of aryl methyl sites for hydroxylation is 2. The van der Waals surface area contributed by atoms with Crippen LogP contribution >= 0.6 is 0 Å². The van der Waals surface area contributed by atoms with Crippen molar-refractivity contribution in [1.29, 1.82) is 0 Å². The maximum Gasteiger partial charge on any atom is 0.264 e. The first-order chi connectivity index (χ1) is 16.7. The molecule has 0 fully saturated rings. The van der Waals surface area contributed by atoms with Gasteiger partial charge in [0.05, 0.1) is 23.8 Å². The Morgan fingerprint density at radius 1 is 0.857 bits per heavy atom. The summed E-state index contributed by atoms with van der Waals surface area (Å²) in [5, 5.41) is 2.83. The fourth-order valence-corrected chi connectivity index (χ4v) is 4.94. The minimum absolute atomic E-state index is 0.130. The van der Waals surface area contributed by atoms with Crippen molar-refractivity contribution in [3.8, 4) is 11.5 Å². The predicted molar refractivity (Wildman–Crippen MR) is 138 cm³/mol. The highest BCUT2D eigenvalue weighted by atomic mass is 32.2. The van der Waals surface area contributed by atoms with Crippen LogP contribution in [0.1, 0.15) is 30.5 Å². The Kier molecular flexibility index (Phi) is 8.76. The molecule has 0 saturated heterocycles. The maximum absolute atomic E-state index is 13.5. The second-order valence-electron chi connectivity index (χ2n) is 8.09. The Bertz CT molecular complexity index is 1260. The first-order valence-electron chi connectivity index (χ1n) is 11.6. The van der Waals surface area contributed by atoms with E-state index < -0.39 is 15.9 Å². The Balaban J connectivity index is 1.81. The van der Waals surface area contributed by atoms with Crippen molar-refractivity contribution in [3.63, 3.8) is 0 Å². The number of hydrogen-bond acceptors (Lipinski definition) is 5. The lowest BCUT2D eigenvalue weighted by Crippen LogP contribution is -2.40. The highest BCUT2D eigenvalue weighted by molar-refractivity contribution is 7.92. The van der Waals surface area contributed by atoms with E-state index in [0.717, 1.165) is 21.0 Å². The van der Waals surface area contributed by atoms with Crippen molar-refractivity contribution in [2.24, 2.45) is 0 Å². The number of nitrogens with one attached hydrogen (secondary N) is 1. The number of ether oxygens (including phenoxy) is 2. The van der Waals surface area contributed by atoms with Crippen LogP contribution in [0.4, 0.5) is 5.69 Å². The number of carbonyl (C=O) groups is 1. The van der Waals surface area contributed by atoms with Crippen LogP contribution in [-0.4, -0.2) is 34.1 Å². The third kappa shape index (κ3) is 6.76. The molecule has 0 aliphatic carbocycles. The summed E-state index contributed by atoms with van der Waals surface area (Å²) in [7, 11) is -3.96. The van der Waals surface area contributed by atoms with Crippen molar-refractivity contribution < 1.29 is 22.7 Å². The van der Waals surface area contributed by atoms with E-state index in [1.165, 1.54) is 0 Å². The molecule has 3 aromatic rings. The van der Waals surface area contributed by atoms with Crippen LogP contribution in [-0.2, 0) is 21.4 Å². The highest BCUT2D eigenvalue weighted by Crippen LogP contribution is 2.29. The van der Waals surface area contributed by atoms with Gasteiger partial charge in [0.1, 0.15) is 6.54 Å². The molecule has 1 amide bonds. The van der Waals surface area contributed by atoms with Gasteiger partial charge in [0, 0.05) is 6.54 Å². The number of nitrogens with zero attached hydrogens (tertiary/aromatic N) is 1. The molecule has 0 spiro atoms. The van der Waals surface area contributed by atoms with E-state index in [2.05, 4.69) is 5.32 Å². The van der Waals surface area contributed by atoms with Gasteiger partial charge in [0.25, 0.3) is 10.0 Å². The quantitative estimate of drug-likeness (QED) is 0.419. The van der Waals surface area contributed by atoms with Gasteiger partial charge in [-0.25, -0.2) is 8.42 Å². The van der Waals surface area contributed by atoms with E-state index in [1.54, 1.807) is 48.5 Å². The van der Waals surface area contributed by atoms with Crippen molar-refractivity contribution >= 4 is 21.6 Å². The summed E-state index contributed by atoms with van der Waals surface area (Å²) in [6, 6.07) is 19.1. The lowest BCUT2D eigenvalue weighted by Gasteiger charge is -2.24. The van der Waals surface area contributed by atoms with Crippen LogP contribution < -0.4 is 19.1 Å². The van der Waals surface area contributed by atoms with E-state index >= 15 is 0 Å². The Morgan fingerprint density at radius 3 is 2.20 bits per heavy atom. The van der Waals surface area contributed by atoms with E-state index in [-0.39, 0.29) is 18.0 Å². The smallest absolute Gasteiger partial charge is 0.264 e. The second-order valence-corrected chi connectivity index (χ2v) is 9.95. The van der Waals surface area contributed by atoms with Gasteiger partial charge in [0.2, 0.25) is 5.91 Å². The summed E-state index contributed by atoms with van der Waals surface area (Å²) in [6.07, 6.45) is 0. The second kappa shape index (κ2) is 11.8. The number of sulfonamides is 1. The zero-order chi connectivity index (χ0) is 25.4. The molecule has 3 aromatic carbocycles. The van der Waals surface area contributed by atoms with Gasteiger partial charge >= 0.3 is 0 Å². The lowest BCUT2D eigenvalue weighted by molar-refractivity contribution is -0.119. The summed E-state index contributed by atoms with van der Waals surface area (Å²) >= 11 is 0. The van der Waals surface area contributed by atoms with Crippen LogP contribution in [0, 0.1) is 13.8 Å². The third-order valence-electron chi connectivity index (χ3n) is 5.28. The van der Waals surface area contributed by atoms with Crippen molar-refractivity contribution in [2.75, 3.05) is 24.1 Å². The molecule has 1 N–H and O–H groups in total. The summed E-state index contributed by atoms with van der Waals surface area (Å²) in [5.74, 6) is 0.817. The van der Waals surface area contributed by atoms with E-state index in [0.29, 0.717) is 30.4 Å². The molecule has 35 heavy (non-hydrogen) atoms.